The second kappa shape index (κ2) is 8.29. The van der Waals surface area contributed by atoms with Crippen LogP contribution in [-0.2, 0) is 12.8 Å². The molecule has 0 aliphatic heterocycles. The average Bonchev–Trinajstić information content (AvgIpc) is 3.17. The monoisotopic (exact) mass is 401 g/mol. The Morgan fingerprint density at radius 1 is 0.828 bits per heavy atom. The van der Waals surface area contributed by atoms with Gasteiger partial charge in [-0.05, 0) is 53.6 Å². The lowest BCUT2D eigenvalue weighted by Crippen LogP contribution is -2.14. The molecular formula is C24H19NO3S. The number of carboxylic acids is 1. The van der Waals surface area contributed by atoms with Crippen LogP contribution in [0.15, 0.2) is 78.9 Å². The normalized spacial score (nSPS) is 10.8. The van der Waals surface area contributed by atoms with Gasteiger partial charge in [0.15, 0.2) is 0 Å². The van der Waals surface area contributed by atoms with E-state index in [2.05, 4.69) is 17.4 Å². The summed E-state index contributed by atoms with van der Waals surface area (Å²) >= 11 is 1.39. The van der Waals surface area contributed by atoms with Crippen LogP contribution in [0.3, 0.4) is 0 Å². The van der Waals surface area contributed by atoms with E-state index in [0.29, 0.717) is 10.6 Å². The summed E-state index contributed by atoms with van der Waals surface area (Å²) in [7, 11) is 0. The van der Waals surface area contributed by atoms with E-state index >= 15 is 0 Å². The van der Waals surface area contributed by atoms with Crippen LogP contribution in [-0.4, -0.2) is 17.0 Å². The molecular weight excluding hydrogens is 382 g/mol. The largest absolute Gasteiger partial charge is 0.478 e. The minimum atomic E-state index is -1.06. The Balaban J connectivity index is 1.57. The number of carbonyl (C=O) groups excluding carboxylic acids is 1. The number of aryl methyl sites for hydroxylation is 2. The zero-order chi connectivity index (χ0) is 20.2. The number of carboxylic acid groups (broad SMARTS) is 1. The van der Waals surface area contributed by atoms with Gasteiger partial charge in [0.2, 0.25) is 0 Å². The van der Waals surface area contributed by atoms with Crippen LogP contribution in [0.2, 0.25) is 0 Å². The Morgan fingerprint density at radius 2 is 1.55 bits per heavy atom. The first-order valence-electron chi connectivity index (χ1n) is 9.30. The highest BCUT2D eigenvalue weighted by molar-refractivity contribution is 7.20. The molecule has 0 atom stereocenters. The second-order valence-electron chi connectivity index (χ2n) is 6.77. The van der Waals surface area contributed by atoms with Crippen LogP contribution >= 0.6 is 11.3 Å². The summed E-state index contributed by atoms with van der Waals surface area (Å²) in [4.78, 5) is 24.9. The second-order valence-corrected chi connectivity index (χ2v) is 7.86. The highest BCUT2D eigenvalue weighted by Gasteiger charge is 2.16. The summed E-state index contributed by atoms with van der Waals surface area (Å²) in [6.45, 7) is 0. The third kappa shape index (κ3) is 4.36. The first-order chi connectivity index (χ1) is 14.1. The molecule has 3 aromatic carbocycles. The summed E-state index contributed by atoms with van der Waals surface area (Å²) in [6.07, 6.45) is 1.60. The van der Waals surface area contributed by atoms with Crippen LogP contribution < -0.4 is 5.32 Å². The average molecular weight is 401 g/mol. The quantitative estimate of drug-likeness (QED) is 0.440. The highest BCUT2D eigenvalue weighted by atomic mass is 32.1. The molecule has 0 unspecified atom stereocenters. The molecule has 1 heterocycles. The first-order valence-corrected chi connectivity index (χ1v) is 10.1. The number of nitrogens with one attached hydrogen (secondary N) is 1. The van der Waals surface area contributed by atoms with Gasteiger partial charge in [0.25, 0.3) is 5.91 Å². The Labute approximate surface area is 172 Å². The van der Waals surface area contributed by atoms with Crippen molar-refractivity contribution in [2.75, 3.05) is 5.32 Å². The number of hydrogen-bond donors (Lipinski definition) is 2. The van der Waals surface area contributed by atoms with Gasteiger partial charge in [-0.2, -0.15) is 0 Å². The van der Waals surface area contributed by atoms with Gasteiger partial charge in [-0.1, -0.05) is 54.6 Å². The smallest absolute Gasteiger partial charge is 0.337 e. The lowest BCUT2D eigenvalue weighted by atomic mass is 10.0. The minimum absolute atomic E-state index is 0.0860. The van der Waals surface area contributed by atoms with Crippen LogP contribution in [0.4, 0.5) is 5.69 Å². The Hall–Kier alpha value is -3.44. The van der Waals surface area contributed by atoms with E-state index in [0.717, 1.165) is 28.5 Å². The predicted octanol–water partition coefficient (Wildman–Crippen LogP) is 5.64. The van der Waals surface area contributed by atoms with Crippen LogP contribution in [0, 0.1) is 0 Å². The summed E-state index contributed by atoms with van der Waals surface area (Å²) < 4.78 is 1.02. The zero-order valence-electron chi connectivity index (χ0n) is 15.6. The molecule has 1 amide bonds. The summed E-state index contributed by atoms with van der Waals surface area (Å²) in [5.74, 6) is -1.36. The van der Waals surface area contributed by atoms with Crippen LogP contribution in [0.25, 0.3) is 10.1 Å². The van der Waals surface area contributed by atoms with Crippen molar-refractivity contribution in [1.82, 2.24) is 0 Å². The van der Waals surface area contributed by atoms with Crippen molar-refractivity contribution in [3.8, 4) is 0 Å². The molecule has 0 saturated carbocycles. The number of benzene rings is 3. The molecule has 5 heteroatoms. The molecule has 0 bridgehead atoms. The van der Waals surface area contributed by atoms with Crippen LogP contribution in [0.5, 0.6) is 0 Å². The summed E-state index contributed by atoms with van der Waals surface area (Å²) in [5.41, 5.74) is 2.60. The Morgan fingerprint density at radius 3 is 2.31 bits per heavy atom. The number of anilines is 1. The molecule has 4 rings (SSSR count). The van der Waals surface area contributed by atoms with E-state index < -0.39 is 5.97 Å². The maximum atomic E-state index is 12.8. The molecule has 29 heavy (non-hydrogen) atoms. The number of fused-ring (bicyclic) bond motifs is 1. The molecule has 144 valence electrons. The Bertz CT molecular complexity index is 1150. The van der Waals surface area contributed by atoms with Crippen molar-refractivity contribution in [2.24, 2.45) is 0 Å². The SMILES string of the molecule is O=C(Nc1cc(CCc2ccccc2)ccc1C(=O)O)c1cc2ccccc2s1. The van der Waals surface area contributed by atoms with Crippen molar-refractivity contribution in [3.05, 3.63) is 100 Å². The fourth-order valence-electron chi connectivity index (χ4n) is 3.25. The number of thiophene rings is 1. The number of carbonyl (C=O) groups is 2. The van der Waals surface area contributed by atoms with E-state index in [1.165, 1.54) is 16.9 Å². The first kappa shape index (κ1) is 18.9. The predicted molar refractivity (Wildman–Crippen MR) is 117 cm³/mol. The van der Waals surface area contributed by atoms with Crippen LogP contribution in [0.1, 0.15) is 31.2 Å². The van der Waals surface area contributed by atoms with E-state index in [4.69, 9.17) is 0 Å². The van der Waals surface area contributed by atoms with Crippen molar-refractivity contribution in [2.45, 2.75) is 12.8 Å². The standard InChI is InChI=1S/C24H19NO3S/c26-23(22-15-18-8-4-5-9-21(18)29-22)25-20-14-17(12-13-19(20)24(27)28)11-10-16-6-2-1-3-7-16/h1-9,12-15H,10-11H2,(H,25,26)(H,27,28). The molecule has 0 spiro atoms. The highest BCUT2D eigenvalue weighted by Crippen LogP contribution is 2.27. The Kier molecular flexibility index (Phi) is 5.40. The van der Waals surface area contributed by atoms with Gasteiger partial charge in [-0.15, -0.1) is 11.3 Å². The van der Waals surface area contributed by atoms with Gasteiger partial charge < -0.3 is 10.4 Å². The summed E-state index contributed by atoms with van der Waals surface area (Å²) in [5, 5.41) is 13.3. The molecule has 0 aliphatic carbocycles. The van der Waals surface area contributed by atoms with Crippen molar-refractivity contribution >= 4 is 39.0 Å². The third-order valence-corrected chi connectivity index (χ3v) is 5.87. The van der Waals surface area contributed by atoms with Gasteiger partial charge in [0.1, 0.15) is 0 Å². The van der Waals surface area contributed by atoms with Crippen molar-refractivity contribution < 1.29 is 14.7 Å². The van der Waals surface area contributed by atoms with Gasteiger partial charge in [-0.3, -0.25) is 4.79 Å². The summed E-state index contributed by atoms with van der Waals surface area (Å²) in [6, 6.07) is 24.8. The van der Waals surface area contributed by atoms with E-state index in [1.807, 2.05) is 54.6 Å². The minimum Gasteiger partial charge on any atom is -0.478 e. The molecule has 2 N–H and O–H groups in total. The maximum Gasteiger partial charge on any atom is 0.337 e. The fraction of sp³-hybridized carbons (Fsp3) is 0.0833. The molecule has 4 nitrogen and oxygen atoms in total. The number of amides is 1. The molecule has 4 aromatic rings. The van der Waals surface area contributed by atoms with Crippen molar-refractivity contribution in [1.29, 1.82) is 0 Å². The van der Waals surface area contributed by atoms with E-state index in [9.17, 15) is 14.7 Å². The molecule has 0 saturated heterocycles. The number of rotatable bonds is 6. The number of hydrogen-bond acceptors (Lipinski definition) is 3. The van der Waals surface area contributed by atoms with Gasteiger partial charge >= 0.3 is 5.97 Å². The molecule has 0 radical (unpaired) electrons. The zero-order valence-corrected chi connectivity index (χ0v) is 16.4. The van der Waals surface area contributed by atoms with Gasteiger partial charge in [0, 0.05) is 4.70 Å². The van der Waals surface area contributed by atoms with E-state index in [1.54, 1.807) is 12.1 Å². The maximum absolute atomic E-state index is 12.8. The topological polar surface area (TPSA) is 66.4 Å². The number of aromatic carboxylic acids is 1. The van der Waals surface area contributed by atoms with Gasteiger partial charge in [0.05, 0.1) is 16.1 Å². The fourth-order valence-corrected chi connectivity index (χ4v) is 4.21. The van der Waals surface area contributed by atoms with Gasteiger partial charge in [-0.25, -0.2) is 4.79 Å². The molecule has 1 aromatic heterocycles. The molecule has 0 aliphatic rings. The molecule has 0 fully saturated rings. The third-order valence-electron chi connectivity index (χ3n) is 4.76. The van der Waals surface area contributed by atoms with Crippen molar-refractivity contribution in [3.63, 3.8) is 0 Å². The lowest BCUT2D eigenvalue weighted by Gasteiger charge is -2.10. The van der Waals surface area contributed by atoms with E-state index in [-0.39, 0.29) is 11.5 Å². The lowest BCUT2D eigenvalue weighted by molar-refractivity contribution is 0.0698.